The van der Waals surface area contributed by atoms with Gasteiger partial charge in [-0.05, 0) is 72.5 Å². The Hall–Kier alpha value is -6.64. The van der Waals surface area contributed by atoms with E-state index in [9.17, 15) is 16.8 Å². The summed E-state index contributed by atoms with van der Waals surface area (Å²) in [5.74, 6) is 1.79. The molecule has 4 heterocycles. The summed E-state index contributed by atoms with van der Waals surface area (Å²) < 4.78 is 79.5. The number of anilines is 2. The minimum absolute atomic E-state index is 0.246. The van der Waals surface area contributed by atoms with Crippen LogP contribution in [-0.2, 0) is 20.0 Å². The highest BCUT2D eigenvalue weighted by Crippen LogP contribution is 2.54. The lowest BCUT2D eigenvalue weighted by Crippen LogP contribution is -2.28. The van der Waals surface area contributed by atoms with Crippen molar-refractivity contribution in [3.05, 3.63) is 155 Å². The van der Waals surface area contributed by atoms with E-state index in [1.165, 1.54) is 22.8 Å². The van der Waals surface area contributed by atoms with E-state index in [1.807, 2.05) is 111 Å². The van der Waals surface area contributed by atoms with Gasteiger partial charge in [0.05, 0.1) is 84.5 Å². The van der Waals surface area contributed by atoms with E-state index in [0.29, 0.717) is 69.7 Å². The normalized spacial score (nSPS) is 18.4. The van der Waals surface area contributed by atoms with Gasteiger partial charge in [0.15, 0.2) is 23.0 Å². The highest BCUT2D eigenvalue weighted by atomic mass is 32.2. The Labute approximate surface area is 361 Å². The van der Waals surface area contributed by atoms with Crippen molar-refractivity contribution < 1.29 is 35.8 Å². The van der Waals surface area contributed by atoms with Crippen LogP contribution in [0.5, 0.6) is 23.0 Å². The van der Waals surface area contributed by atoms with Crippen LogP contribution in [0.1, 0.15) is 58.3 Å². The van der Waals surface area contributed by atoms with Crippen molar-refractivity contribution in [3.8, 4) is 23.0 Å². The maximum atomic E-state index is 13.7. The Kier molecular flexibility index (Phi) is 10.3. The number of methoxy groups -OCH3 is 4. The van der Waals surface area contributed by atoms with Crippen LogP contribution in [0.2, 0.25) is 0 Å². The van der Waals surface area contributed by atoms with Crippen LogP contribution in [-0.4, -0.2) is 56.7 Å². The van der Waals surface area contributed by atoms with Crippen molar-refractivity contribution in [1.29, 1.82) is 0 Å². The molecule has 0 aliphatic carbocycles. The van der Waals surface area contributed by atoms with Crippen LogP contribution in [0.3, 0.4) is 0 Å². The lowest BCUT2D eigenvalue weighted by molar-refractivity contribution is 0.353. The fourth-order valence-corrected chi connectivity index (χ4v) is 12.5. The first-order chi connectivity index (χ1) is 29.9. The van der Waals surface area contributed by atoms with E-state index in [-0.39, 0.29) is 9.79 Å². The van der Waals surface area contributed by atoms with Crippen LogP contribution in [0.15, 0.2) is 141 Å². The Morgan fingerprint density at radius 3 is 1.19 bits per heavy atom. The van der Waals surface area contributed by atoms with Gasteiger partial charge in [0.2, 0.25) is 0 Å². The van der Waals surface area contributed by atoms with Gasteiger partial charge in [-0.15, -0.1) is 0 Å². The summed E-state index contributed by atoms with van der Waals surface area (Å²) in [6, 6.07) is 37.0. The predicted molar refractivity (Wildman–Crippen MR) is 241 cm³/mol. The monoisotopic (exact) mass is 868 g/mol. The number of nitrogens with zero attached hydrogens (tertiary/aromatic N) is 4. The molecule has 316 valence electrons. The number of rotatable bonds is 6. The number of benzene rings is 6. The third kappa shape index (κ3) is 6.74. The molecule has 6 aromatic carbocycles. The molecular weight excluding hydrogens is 825 g/mol. The van der Waals surface area contributed by atoms with Crippen molar-refractivity contribution in [2.45, 2.75) is 48.6 Å². The van der Waals surface area contributed by atoms with E-state index in [0.717, 1.165) is 33.7 Å². The highest BCUT2D eigenvalue weighted by molar-refractivity contribution is 7.93. The van der Waals surface area contributed by atoms with Gasteiger partial charge >= 0.3 is 0 Å². The Morgan fingerprint density at radius 2 is 0.839 bits per heavy atom. The third-order valence-corrected chi connectivity index (χ3v) is 15.4. The highest BCUT2D eigenvalue weighted by Gasteiger charge is 2.48. The van der Waals surface area contributed by atoms with Gasteiger partial charge in [0.1, 0.15) is 0 Å². The van der Waals surface area contributed by atoms with Gasteiger partial charge in [0, 0.05) is 36.1 Å². The third-order valence-electron chi connectivity index (χ3n) is 11.6. The zero-order valence-electron chi connectivity index (χ0n) is 35.0. The van der Waals surface area contributed by atoms with Gasteiger partial charge in [-0.3, -0.25) is 18.6 Å². The molecule has 0 unspecified atom stereocenters. The summed E-state index contributed by atoms with van der Waals surface area (Å²) in [5, 5.41) is 0. The van der Waals surface area contributed by atoms with Gasteiger partial charge < -0.3 is 18.9 Å². The van der Waals surface area contributed by atoms with E-state index < -0.39 is 32.1 Å². The van der Waals surface area contributed by atoms with Gasteiger partial charge in [0.25, 0.3) is 20.0 Å². The molecule has 0 fully saturated rings. The molecule has 12 nitrogen and oxygen atoms in total. The summed E-state index contributed by atoms with van der Waals surface area (Å²) in [6.45, 7) is 3.95. The molecule has 14 heteroatoms. The average molecular weight is 869 g/mol. The zero-order chi connectivity index (χ0) is 43.5. The minimum atomic E-state index is -3.79. The minimum Gasteiger partial charge on any atom is -0.493 e. The summed E-state index contributed by atoms with van der Waals surface area (Å²) in [6.07, 6.45) is 0.888. The Morgan fingerprint density at radius 1 is 0.484 bits per heavy atom. The van der Waals surface area contributed by atoms with Crippen molar-refractivity contribution in [2.75, 3.05) is 37.0 Å². The van der Waals surface area contributed by atoms with E-state index in [1.54, 1.807) is 38.5 Å². The lowest BCUT2D eigenvalue weighted by atomic mass is 9.97. The molecule has 4 aliphatic heterocycles. The first kappa shape index (κ1) is 40.7. The molecule has 2 atom stereocenters. The van der Waals surface area contributed by atoms with Crippen LogP contribution in [0.25, 0.3) is 0 Å². The van der Waals surface area contributed by atoms with E-state index >= 15 is 0 Å². The number of ether oxygens (including phenoxy) is 4. The van der Waals surface area contributed by atoms with Crippen LogP contribution < -0.4 is 27.6 Å². The van der Waals surface area contributed by atoms with E-state index in [4.69, 9.17) is 28.9 Å². The average Bonchev–Trinajstić information content (AvgIpc) is 3.44. The SMILES string of the molecule is COc1cc2c(cc1OC)S(=O)(=O)N1c3ccc(C)cc3N=C(c3ccccc3)C[C@@H]21.COc1cc2c(cc1OC)S(=O)(=O)N1c3ccc(C)cc3N=C(c3ccccc3)C[C@H]21. The smallest absolute Gasteiger partial charge is 0.265 e. The largest absolute Gasteiger partial charge is 0.493 e. The molecule has 6 aromatic rings. The number of aliphatic imine (C=N–C) groups is 2. The maximum absolute atomic E-state index is 13.7. The number of hydrogen-bond donors (Lipinski definition) is 0. The molecular formula is C48H44N4O8S2. The van der Waals surface area contributed by atoms with Crippen LogP contribution in [0.4, 0.5) is 22.7 Å². The van der Waals surface area contributed by atoms with Crippen molar-refractivity contribution in [1.82, 2.24) is 0 Å². The van der Waals surface area contributed by atoms with Crippen molar-refractivity contribution in [2.24, 2.45) is 9.98 Å². The number of aryl methyl sites for hydroxylation is 2. The number of sulfonamides is 2. The standard InChI is InChI=1S/2C24H22N2O4S/c2*1-15-9-10-20-19(11-15)25-18(16-7-5-4-6-8-16)13-21-17-12-22(29-2)23(30-3)14-24(17)31(27,28)26(20)21/h2*4-12,14,21H,13H2,1-3H3/t2*21-/m10/s1. The van der Waals surface area contributed by atoms with Gasteiger partial charge in [-0.25, -0.2) is 16.8 Å². The molecule has 0 bridgehead atoms. The summed E-state index contributed by atoms with van der Waals surface area (Å²) in [5.41, 5.74) is 9.52. The van der Waals surface area contributed by atoms with Gasteiger partial charge in [-0.1, -0.05) is 72.8 Å². The molecule has 0 N–H and O–H groups in total. The molecule has 0 saturated heterocycles. The first-order valence-electron chi connectivity index (χ1n) is 20.0. The molecule has 0 spiro atoms. The molecule has 4 aliphatic rings. The quantitative estimate of drug-likeness (QED) is 0.162. The second kappa shape index (κ2) is 15.7. The lowest BCUT2D eigenvalue weighted by Gasteiger charge is -2.24. The topological polar surface area (TPSA) is 136 Å². The van der Waals surface area contributed by atoms with Gasteiger partial charge in [-0.2, -0.15) is 0 Å². The summed E-state index contributed by atoms with van der Waals surface area (Å²) in [4.78, 5) is 10.3. The Balaban J connectivity index is 0.000000158. The maximum Gasteiger partial charge on any atom is 0.265 e. The molecule has 0 aromatic heterocycles. The predicted octanol–water partition coefficient (Wildman–Crippen LogP) is 9.57. The molecule has 0 saturated carbocycles. The van der Waals surface area contributed by atoms with E-state index in [2.05, 4.69) is 0 Å². The fourth-order valence-electron chi connectivity index (χ4n) is 8.69. The molecule has 10 rings (SSSR count). The summed E-state index contributed by atoms with van der Waals surface area (Å²) in [7, 11) is -1.49. The van der Waals surface area contributed by atoms with Crippen LogP contribution >= 0.6 is 0 Å². The number of hydrogen-bond acceptors (Lipinski definition) is 10. The second-order valence-corrected chi connectivity index (χ2v) is 18.9. The number of fused-ring (bicyclic) bond motifs is 10. The van der Waals surface area contributed by atoms with Crippen LogP contribution in [0, 0.1) is 13.8 Å². The second-order valence-electron chi connectivity index (χ2n) is 15.4. The van der Waals surface area contributed by atoms with Crippen molar-refractivity contribution >= 4 is 54.2 Å². The zero-order valence-corrected chi connectivity index (χ0v) is 36.6. The fraction of sp³-hybridized carbons (Fsp3) is 0.208. The Bertz CT molecular complexity index is 2840. The summed E-state index contributed by atoms with van der Waals surface area (Å²) >= 11 is 0. The molecule has 0 amide bonds. The molecule has 62 heavy (non-hydrogen) atoms. The first-order valence-corrected chi connectivity index (χ1v) is 22.8. The van der Waals surface area contributed by atoms with Crippen molar-refractivity contribution in [3.63, 3.8) is 0 Å². The molecule has 0 radical (unpaired) electrons.